The minimum Gasteiger partial charge on any atom is -0.474 e. The first-order valence-corrected chi connectivity index (χ1v) is 5.40. The van der Waals surface area contributed by atoms with E-state index in [9.17, 15) is 0 Å². The maximum atomic E-state index is 5.76. The second-order valence-electron chi connectivity index (χ2n) is 5.03. The molecule has 86 valence electrons. The molecule has 0 bridgehead atoms. The Morgan fingerprint density at radius 2 is 2.00 bits per heavy atom. The van der Waals surface area contributed by atoms with Crippen molar-refractivity contribution in [1.82, 2.24) is 4.90 Å². The monoisotopic (exact) mass is 210 g/mol. The van der Waals surface area contributed by atoms with Gasteiger partial charge in [0.25, 0.3) is 0 Å². The van der Waals surface area contributed by atoms with Crippen molar-refractivity contribution in [1.29, 1.82) is 0 Å². The van der Waals surface area contributed by atoms with Gasteiger partial charge in [-0.15, -0.1) is 0 Å². The molecule has 0 aliphatic carbocycles. The lowest BCUT2D eigenvalue weighted by atomic mass is 10.2. The van der Waals surface area contributed by atoms with Gasteiger partial charge in [-0.2, -0.15) is 0 Å². The summed E-state index contributed by atoms with van der Waals surface area (Å²) in [5.41, 5.74) is 6.25. The van der Waals surface area contributed by atoms with Crippen molar-refractivity contribution in [2.45, 2.75) is 45.3 Å². The molecule has 1 unspecified atom stereocenters. The molecule has 1 fully saturated rings. The van der Waals surface area contributed by atoms with E-state index in [0.717, 1.165) is 19.4 Å². The molecule has 0 amide bonds. The average molecular weight is 210 g/mol. The smallest absolute Gasteiger partial charge is 0.182 e. The van der Waals surface area contributed by atoms with Gasteiger partial charge in [-0.3, -0.25) is 0 Å². The van der Waals surface area contributed by atoms with Gasteiger partial charge in [-0.05, 0) is 40.2 Å². The quantitative estimate of drug-likeness (QED) is 0.726. The Balaban J connectivity index is 2.63. The summed E-state index contributed by atoms with van der Waals surface area (Å²) < 4.78 is 5.74. The molecule has 1 heterocycles. The maximum Gasteiger partial charge on any atom is 0.182 e. The van der Waals surface area contributed by atoms with Crippen LogP contribution in [0.15, 0.2) is 24.7 Å². The lowest BCUT2D eigenvalue weighted by molar-refractivity contribution is 0.00258. The minimum atomic E-state index is -0.208. The molecule has 1 aliphatic heterocycles. The SMILES string of the molecule is C=C(N)C1CCCN1C(=C)OC(C)(C)C. The molecule has 0 aromatic heterocycles. The van der Waals surface area contributed by atoms with E-state index in [4.69, 9.17) is 10.5 Å². The Hall–Kier alpha value is -1.12. The molecule has 1 saturated heterocycles. The first kappa shape index (κ1) is 12.0. The van der Waals surface area contributed by atoms with Crippen LogP contribution >= 0.6 is 0 Å². The summed E-state index contributed by atoms with van der Waals surface area (Å²) in [4.78, 5) is 2.10. The Labute approximate surface area is 92.6 Å². The predicted octanol–water partition coefficient (Wildman–Crippen LogP) is 2.21. The van der Waals surface area contributed by atoms with Gasteiger partial charge in [0, 0.05) is 12.2 Å². The van der Waals surface area contributed by atoms with Gasteiger partial charge in [-0.25, -0.2) is 0 Å². The molecule has 3 nitrogen and oxygen atoms in total. The summed E-state index contributed by atoms with van der Waals surface area (Å²) in [6.45, 7) is 14.8. The molecule has 0 saturated carbocycles. The van der Waals surface area contributed by atoms with Crippen molar-refractivity contribution in [3.63, 3.8) is 0 Å². The largest absolute Gasteiger partial charge is 0.474 e. The van der Waals surface area contributed by atoms with Crippen LogP contribution in [0.2, 0.25) is 0 Å². The highest BCUT2D eigenvalue weighted by molar-refractivity contribution is 5.08. The first-order chi connectivity index (χ1) is 6.81. The molecule has 1 rings (SSSR count). The fraction of sp³-hybridized carbons (Fsp3) is 0.667. The highest BCUT2D eigenvalue weighted by atomic mass is 16.5. The van der Waals surface area contributed by atoms with Crippen molar-refractivity contribution < 1.29 is 4.74 Å². The van der Waals surface area contributed by atoms with E-state index in [2.05, 4.69) is 18.1 Å². The van der Waals surface area contributed by atoms with Gasteiger partial charge in [0.15, 0.2) is 5.88 Å². The number of rotatable bonds is 3. The van der Waals surface area contributed by atoms with E-state index in [1.165, 1.54) is 0 Å². The number of ether oxygens (including phenoxy) is 1. The summed E-state index contributed by atoms with van der Waals surface area (Å²) in [7, 11) is 0. The molecule has 0 spiro atoms. The van der Waals surface area contributed by atoms with Gasteiger partial charge in [0.05, 0.1) is 6.04 Å². The minimum absolute atomic E-state index is 0.194. The number of hydrogen-bond donors (Lipinski definition) is 1. The highest BCUT2D eigenvalue weighted by Crippen LogP contribution is 2.26. The van der Waals surface area contributed by atoms with Gasteiger partial charge < -0.3 is 15.4 Å². The second-order valence-corrected chi connectivity index (χ2v) is 5.03. The third kappa shape index (κ3) is 3.18. The summed E-state index contributed by atoms with van der Waals surface area (Å²) >= 11 is 0. The molecule has 15 heavy (non-hydrogen) atoms. The molecule has 0 aromatic carbocycles. The van der Waals surface area contributed by atoms with Crippen molar-refractivity contribution in [2.24, 2.45) is 5.73 Å². The summed E-state index contributed by atoms with van der Waals surface area (Å²) in [6.07, 6.45) is 2.16. The van der Waals surface area contributed by atoms with Crippen LogP contribution < -0.4 is 5.73 Å². The van der Waals surface area contributed by atoms with E-state index < -0.39 is 0 Å². The molecule has 0 aromatic rings. The number of nitrogens with two attached hydrogens (primary N) is 1. The maximum absolute atomic E-state index is 5.76. The van der Waals surface area contributed by atoms with Crippen molar-refractivity contribution >= 4 is 0 Å². The second kappa shape index (κ2) is 4.17. The lowest BCUT2D eigenvalue weighted by Crippen LogP contribution is -2.35. The summed E-state index contributed by atoms with van der Waals surface area (Å²) in [6, 6.07) is 0.194. The zero-order valence-electron chi connectivity index (χ0n) is 10.0. The fourth-order valence-corrected chi connectivity index (χ4v) is 1.86. The first-order valence-electron chi connectivity index (χ1n) is 5.40. The van der Waals surface area contributed by atoms with E-state index in [-0.39, 0.29) is 11.6 Å². The van der Waals surface area contributed by atoms with E-state index in [1.54, 1.807) is 0 Å². The van der Waals surface area contributed by atoms with Crippen LogP contribution in [0.25, 0.3) is 0 Å². The third-order valence-corrected chi connectivity index (χ3v) is 2.43. The van der Waals surface area contributed by atoms with Crippen LogP contribution in [0.4, 0.5) is 0 Å². The van der Waals surface area contributed by atoms with E-state index in [0.29, 0.717) is 11.6 Å². The van der Waals surface area contributed by atoms with Gasteiger partial charge in [-0.1, -0.05) is 6.58 Å². The topological polar surface area (TPSA) is 38.5 Å². The molecular formula is C12H22N2O. The number of nitrogens with zero attached hydrogens (tertiary/aromatic N) is 1. The average Bonchev–Trinajstić information content (AvgIpc) is 2.47. The predicted molar refractivity (Wildman–Crippen MR) is 63.0 cm³/mol. The Kier molecular flexibility index (Phi) is 3.32. The van der Waals surface area contributed by atoms with Crippen LogP contribution in [0, 0.1) is 0 Å². The molecule has 3 heteroatoms. The van der Waals surface area contributed by atoms with Crippen molar-refractivity contribution in [3.8, 4) is 0 Å². The Bertz CT molecular complexity index is 265. The normalized spacial score (nSPS) is 21.5. The fourth-order valence-electron chi connectivity index (χ4n) is 1.86. The van der Waals surface area contributed by atoms with Crippen LogP contribution in [0.3, 0.4) is 0 Å². The molecule has 1 aliphatic rings. The van der Waals surface area contributed by atoms with Gasteiger partial charge in [0.1, 0.15) is 5.60 Å². The Morgan fingerprint density at radius 3 is 2.47 bits per heavy atom. The standard InChI is InChI=1S/C12H22N2O/c1-9(13)11-7-6-8-14(11)10(2)15-12(3,4)5/h11H,1-2,6-8,13H2,3-5H3. The number of likely N-dealkylation sites (tertiary alicyclic amines) is 1. The summed E-state index contributed by atoms with van der Waals surface area (Å²) in [5.74, 6) is 0.705. The molecule has 1 atom stereocenters. The molecule has 0 radical (unpaired) electrons. The van der Waals surface area contributed by atoms with Gasteiger partial charge in [0.2, 0.25) is 0 Å². The van der Waals surface area contributed by atoms with Crippen LogP contribution in [0.5, 0.6) is 0 Å². The Morgan fingerprint density at radius 1 is 1.40 bits per heavy atom. The number of hydrogen-bond acceptors (Lipinski definition) is 3. The van der Waals surface area contributed by atoms with Crippen LogP contribution in [0.1, 0.15) is 33.6 Å². The molecule has 2 N–H and O–H groups in total. The van der Waals surface area contributed by atoms with Crippen molar-refractivity contribution in [2.75, 3.05) is 6.54 Å². The molecular weight excluding hydrogens is 188 g/mol. The lowest BCUT2D eigenvalue weighted by Gasteiger charge is -2.32. The zero-order chi connectivity index (χ0) is 11.6. The third-order valence-electron chi connectivity index (χ3n) is 2.43. The van der Waals surface area contributed by atoms with Gasteiger partial charge >= 0.3 is 0 Å². The van der Waals surface area contributed by atoms with E-state index >= 15 is 0 Å². The van der Waals surface area contributed by atoms with Crippen LogP contribution in [-0.4, -0.2) is 23.1 Å². The highest BCUT2D eigenvalue weighted by Gasteiger charge is 2.29. The van der Waals surface area contributed by atoms with Crippen molar-refractivity contribution in [3.05, 3.63) is 24.7 Å². The van der Waals surface area contributed by atoms with Crippen LogP contribution in [-0.2, 0) is 4.74 Å². The summed E-state index contributed by atoms with van der Waals surface area (Å²) in [5, 5.41) is 0. The van der Waals surface area contributed by atoms with E-state index in [1.807, 2.05) is 20.8 Å². The zero-order valence-corrected chi connectivity index (χ0v) is 10.0.